The van der Waals surface area contributed by atoms with E-state index in [9.17, 15) is 12.8 Å². The zero-order valence-electron chi connectivity index (χ0n) is 8.96. The Labute approximate surface area is 89.5 Å². The topological polar surface area (TPSA) is 46.2 Å². The fourth-order valence-electron chi connectivity index (χ4n) is 4.25. The second-order valence-corrected chi connectivity index (χ2v) is 7.64. The molecule has 0 aromatic carbocycles. The molecule has 3 aliphatic rings. The van der Waals surface area contributed by atoms with Crippen LogP contribution < -0.4 is 4.72 Å². The number of hydrogen-bond acceptors (Lipinski definition) is 2. The predicted octanol–water partition coefficient (Wildman–Crippen LogP) is 1.06. The van der Waals surface area contributed by atoms with Gasteiger partial charge in [0.1, 0.15) is 11.4 Å². The minimum Gasteiger partial charge on any atom is -0.246 e. The zero-order valence-corrected chi connectivity index (χ0v) is 9.77. The van der Waals surface area contributed by atoms with E-state index in [1.165, 1.54) is 0 Å². The molecule has 1 N–H and O–H groups in total. The van der Waals surface area contributed by atoms with E-state index in [2.05, 4.69) is 4.72 Å². The van der Waals surface area contributed by atoms with E-state index in [4.69, 9.17) is 0 Å². The first-order chi connectivity index (χ1) is 6.83. The number of sulfonamides is 1. The Hall–Kier alpha value is -0.160. The standard InChI is InChI=1S/C10H16FNO2S/c1-9(2)6-3-4-10(9)5-12-15(13,14)8(10)7(6)11/h6-8,12H,3-5H2,1-2H3. The lowest BCUT2D eigenvalue weighted by Gasteiger charge is -2.35. The molecule has 0 aromatic rings. The Kier molecular flexibility index (Phi) is 1.60. The molecule has 3 rings (SSSR count). The van der Waals surface area contributed by atoms with Crippen molar-refractivity contribution in [3.63, 3.8) is 0 Å². The summed E-state index contributed by atoms with van der Waals surface area (Å²) in [7, 11) is -3.41. The van der Waals surface area contributed by atoms with Gasteiger partial charge in [-0.25, -0.2) is 17.5 Å². The first-order valence-electron chi connectivity index (χ1n) is 5.45. The number of alkyl halides is 1. The molecule has 3 nitrogen and oxygen atoms in total. The molecule has 2 bridgehead atoms. The van der Waals surface area contributed by atoms with Crippen molar-refractivity contribution >= 4 is 10.0 Å². The van der Waals surface area contributed by atoms with Crippen molar-refractivity contribution in [3.05, 3.63) is 0 Å². The maximum Gasteiger partial charge on any atom is 0.218 e. The third-order valence-electron chi connectivity index (χ3n) is 5.25. The molecular weight excluding hydrogens is 217 g/mol. The maximum atomic E-state index is 14.1. The molecule has 86 valence electrons. The summed E-state index contributed by atoms with van der Waals surface area (Å²) in [5.41, 5.74) is -0.538. The molecule has 4 unspecified atom stereocenters. The molecule has 1 spiro atoms. The Morgan fingerprint density at radius 2 is 2.07 bits per heavy atom. The lowest BCUT2D eigenvalue weighted by Crippen LogP contribution is -2.41. The molecule has 2 aliphatic carbocycles. The summed E-state index contributed by atoms with van der Waals surface area (Å²) in [6, 6.07) is 0. The van der Waals surface area contributed by atoms with Crippen LogP contribution in [0.4, 0.5) is 4.39 Å². The quantitative estimate of drug-likeness (QED) is 0.680. The summed E-state index contributed by atoms with van der Waals surface area (Å²) in [6.07, 6.45) is 0.512. The van der Waals surface area contributed by atoms with Gasteiger partial charge in [0.2, 0.25) is 10.0 Å². The average molecular weight is 233 g/mol. The molecule has 0 aromatic heterocycles. The highest BCUT2D eigenvalue weighted by Gasteiger charge is 2.74. The van der Waals surface area contributed by atoms with Crippen LogP contribution >= 0.6 is 0 Å². The normalized spacial score (nSPS) is 54.5. The van der Waals surface area contributed by atoms with Gasteiger partial charge in [0.25, 0.3) is 0 Å². The van der Waals surface area contributed by atoms with Gasteiger partial charge in [-0.2, -0.15) is 0 Å². The Balaban J connectivity index is 2.21. The maximum absolute atomic E-state index is 14.1. The van der Waals surface area contributed by atoms with Crippen LogP contribution in [0.15, 0.2) is 0 Å². The summed E-state index contributed by atoms with van der Waals surface area (Å²) >= 11 is 0. The first kappa shape index (κ1) is 10.0. The van der Waals surface area contributed by atoms with E-state index in [0.717, 1.165) is 12.8 Å². The van der Waals surface area contributed by atoms with E-state index in [1.807, 2.05) is 13.8 Å². The van der Waals surface area contributed by atoms with Gasteiger partial charge in [0, 0.05) is 12.0 Å². The van der Waals surface area contributed by atoms with E-state index in [-0.39, 0.29) is 16.7 Å². The first-order valence-corrected chi connectivity index (χ1v) is 7.00. The van der Waals surface area contributed by atoms with Gasteiger partial charge < -0.3 is 0 Å². The predicted molar refractivity (Wildman–Crippen MR) is 54.5 cm³/mol. The van der Waals surface area contributed by atoms with Crippen molar-refractivity contribution in [1.29, 1.82) is 0 Å². The van der Waals surface area contributed by atoms with E-state index in [0.29, 0.717) is 6.54 Å². The van der Waals surface area contributed by atoms with E-state index in [1.54, 1.807) is 0 Å². The molecule has 0 radical (unpaired) electrons. The Morgan fingerprint density at radius 1 is 1.40 bits per heavy atom. The highest BCUT2D eigenvalue weighted by molar-refractivity contribution is 7.90. The van der Waals surface area contributed by atoms with Gasteiger partial charge in [0.05, 0.1) is 0 Å². The highest BCUT2D eigenvalue weighted by atomic mass is 32.2. The van der Waals surface area contributed by atoms with E-state index < -0.39 is 21.4 Å². The molecule has 3 fully saturated rings. The van der Waals surface area contributed by atoms with Gasteiger partial charge >= 0.3 is 0 Å². The molecule has 1 aliphatic heterocycles. The number of rotatable bonds is 0. The molecular formula is C10H16FNO2S. The summed E-state index contributed by atoms with van der Waals surface area (Å²) in [4.78, 5) is 0. The molecule has 0 amide bonds. The van der Waals surface area contributed by atoms with Crippen molar-refractivity contribution in [1.82, 2.24) is 4.72 Å². The number of halogens is 1. The lowest BCUT2D eigenvalue weighted by atomic mass is 9.69. The van der Waals surface area contributed by atoms with Crippen LogP contribution in [0.2, 0.25) is 0 Å². The third kappa shape index (κ3) is 0.848. The van der Waals surface area contributed by atoms with Gasteiger partial charge in [0.15, 0.2) is 0 Å². The summed E-state index contributed by atoms with van der Waals surface area (Å²) in [6.45, 7) is 4.49. The van der Waals surface area contributed by atoms with Crippen LogP contribution in [-0.4, -0.2) is 26.4 Å². The van der Waals surface area contributed by atoms with Gasteiger partial charge in [-0.05, 0) is 24.2 Å². The van der Waals surface area contributed by atoms with Crippen LogP contribution in [0.5, 0.6) is 0 Å². The largest absolute Gasteiger partial charge is 0.246 e. The third-order valence-corrected chi connectivity index (χ3v) is 7.18. The van der Waals surface area contributed by atoms with Crippen molar-refractivity contribution in [3.8, 4) is 0 Å². The van der Waals surface area contributed by atoms with Crippen molar-refractivity contribution in [2.75, 3.05) is 6.54 Å². The van der Waals surface area contributed by atoms with Gasteiger partial charge in [-0.15, -0.1) is 0 Å². The number of fused-ring (bicyclic) bond motifs is 1. The SMILES string of the molecule is CC1(C)C2CCC13CNS(=O)(=O)C3C2F. The molecule has 5 heteroatoms. The average Bonchev–Trinajstić information content (AvgIpc) is 2.58. The van der Waals surface area contributed by atoms with Crippen LogP contribution in [0.3, 0.4) is 0 Å². The van der Waals surface area contributed by atoms with Crippen LogP contribution in [0.1, 0.15) is 26.7 Å². The van der Waals surface area contributed by atoms with Gasteiger partial charge in [-0.3, -0.25) is 0 Å². The smallest absolute Gasteiger partial charge is 0.218 e. The number of hydrogen-bond donors (Lipinski definition) is 1. The minimum absolute atomic E-state index is 0.0700. The monoisotopic (exact) mass is 233 g/mol. The number of nitrogens with one attached hydrogen (secondary N) is 1. The fraction of sp³-hybridized carbons (Fsp3) is 1.00. The summed E-state index contributed by atoms with van der Waals surface area (Å²) in [5.74, 6) is -0.0700. The molecule has 2 saturated carbocycles. The molecule has 1 saturated heterocycles. The van der Waals surface area contributed by atoms with Crippen LogP contribution in [-0.2, 0) is 10.0 Å². The second-order valence-electron chi connectivity index (χ2n) is 5.75. The molecule has 4 atom stereocenters. The Morgan fingerprint density at radius 3 is 2.67 bits per heavy atom. The van der Waals surface area contributed by atoms with Gasteiger partial charge in [-0.1, -0.05) is 13.8 Å². The lowest BCUT2D eigenvalue weighted by molar-refractivity contribution is 0.145. The molecule has 15 heavy (non-hydrogen) atoms. The van der Waals surface area contributed by atoms with Crippen molar-refractivity contribution in [2.45, 2.75) is 38.1 Å². The van der Waals surface area contributed by atoms with Crippen LogP contribution in [0, 0.1) is 16.7 Å². The Bertz CT molecular complexity index is 419. The summed E-state index contributed by atoms with van der Waals surface area (Å²) in [5, 5.41) is -0.793. The van der Waals surface area contributed by atoms with Crippen molar-refractivity contribution < 1.29 is 12.8 Å². The van der Waals surface area contributed by atoms with E-state index >= 15 is 0 Å². The summed E-state index contributed by atoms with van der Waals surface area (Å²) < 4.78 is 40.2. The molecule has 1 heterocycles. The van der Waals surface area contributed by atoms with Crippen molar-refractivity contribution in [2.24, 2.45) is 16.7 Å². The van der Waals surface area contributed by atoms with Crippen LogP contribution in [0.25, 0.3) is 0 Å². The zero-order chi connectivity index (χ0) is 11.1. The minimum atomic E-state index is -3.41. The fourth-order valence-corrected chi connectivity index (χ4v) is 6.52. The second kappa shape index (κ2) is 2.40. The highest BCUT2D eigenvalue weighted by Crippen LogP contribution is 2.69.